The van der Waals surface area contributed by atoms with E-state index in [0.29, 0.717) is 0 Å². The molecule has 0 amide bonds. The molecule has 0 bridgehead atoms. The van der Waals surface area contributed by atoms with Crippen molar-refractivity contribution in [3.8, 4) is 0 Å². The minimum Gasteiger partial charge on any atom is -0.184 e. The Morgan fingerprint density at radius 1 is 0.818 bits per heavy atom. The average Bonchev–Trinajstić information content (AvgIpc) is 2.56. The van der Waals surface area contributed by atoms with Crippen LogP contribution in [0.2, 0.25) is 0 Å². The van der Waals surface area contributed by atoms with Crippen LogP contribution in [0.25, 0.3) is 0 Å². The molecule has 2 aliphatic rings. The van der Waals surface area contributed by atoms with Crippen molar-refractivity contribution >= 4 is 0 Å². The average molecular weight is 370 g/mol. The summed E-state index contributed by atoms with van der Waals surface area (Å²) >= 11 is 0. The van der Waals surface area contributed by atoms with Crippen LogP contribution in [0.5, 0.6) is 0 Å². The minimum absolute atomic E-state index is 0. The smallest absolute Gasteiger partial charge is 0 e. The molecular weight excluding hydrogens is 341 g/mol. The first-order chi connectivity index (χ1) is 10.3. The van der Waals surface area contributed by atoms with Crippen LogP contribution in [0.3, 0.4) is 0 Å². The van der Waals surface area contributed by atoms with Gasteiger partial charge in [0.25, 0.3) is 0 Å². The third-order valence-corrected chi connectivity index (χ3v) is 5.70. The van der Waals surface area contributed by atoms with Gasteiger partial charge in [-0.25, -0.2) is 0 Å². The van der Waals surface area contributed by atoms with Gasteiger partial charge in [-0.15, -0.1) is 0 Å². The Balaban J connectivity index is 0.00000176. The second kappa shape index (κ2) is 9.38. The largest absolute Gasteiger partial charge is 0.184 e. The quantitative estimate of drug-likeness (QED) is 0.443. The molecule has 0 unspecified atom stereocenters. The Hall–Kier alpha value is 0.0639. The summed E-state index contributed by atoms with van der Waals surface area (Å²) in [7, 11) is 0. The van der Waals surface area contributed by atoms with Gasteiger partial charge < -0.3 is 0 Å². The van der Waals surface area contributed by atoms with E-state index in [2.05, 4.69) is 49.4 Å². The van der Waals surface area contributed by atoms with E-state index in [4.69, 9.17) is 0 Å². The van der Waals surface area contributed by atoms with Crippen molar-refractivity contribution in [2.45, 2.75) is 64.2 Å². The van der Waals surface area contributed by atoms with E-state index in [9.17, 15) is 0 Å². The molecule has 1 aromatic carbocycles. The van der Waals surface area contributed by atoms with Crippen LogP contribution in [0.15, 0.2) is 36.4 Å². The molecule has 1 heteroatoms. The molecule has 0 aromatic heterocycles. The van der Waals surface area contributed by atoms with Crippen molar-refractivity contribution in [1.29, 1.82) is 0 Å². The van der Waals surface area contributed by atoms with E-state index in [1.165, 1.54) is 56.9 Å². The number of hydrogen-bond acceptors (Lipinski definition) is 0. The Labute approximate surface area is 162 Å². The van der Waals surface area contributed by atoms with Crippen LogP contribution in [-0.4, -0.2) is 0 Å². The van der Waals surface area contributed by atoms with Crippen molar-refractivity contribution in [2.24, 2.45) is 17.8 Å². The molecule has 2 saturated carbocycles. The summed E-state index contributed by atoms with van der Waals surface area (Å²) in [6.45, 7) is 2.41. The first-order valence-electron chi connectivity index (χ1n) is 8.95. The predicted octanol–water partition coefficient (Wildman–Crippen LogP) is 6.14. The van der Waals surface area contributed by atoms with Gasteiger partial charge in [-0.05, 0) is 62.2 Å². The summed E-state index contributed by atoms with van der Waals surface area (Å²) in [4.78, 5) is 0. The minimum atomic E-state index is 0. The summed E-state index contributed by atoms with van der Waals surface area (Å²) in [6.07, 6.45) is 16.3. The maximum Gasteiger partial charge on any atom is 0 e. The second-order valence-electron chi connectivity index (χ2n) is 7.35. The molecule has 1 radical (unpaired) electrons. The normalized spacial score (nSPS) is 32.6. The van der Waals surface area contributed by atoms with E-state index < -0.39 is 0 Å². The summed E-state index contributed by atoms with van der Waals surface area (Å²) in [6, 6.07) is 11.8. The zero-order chi connectivity index (χ0) is 14.5. The molecule has 0 saturated heterocycles. The van der Waals surface area contributed by atoms with Crippen molar-refractivity contribution in [1.82, 2.24) is 0 Å². The number of rotatable bonds is 3. The van der Waals surface area contributed by atoms with Gasteiger partial charge in [0.2, 0.25) is 0 Å². The van der Waals surface area contributed by atoms with Crippen LogP contribution >= 0.6 is 0 Å². The van der Waals surface area contributed by atoms with Crippen molar-refractivity contribution in [3.63, 3.8) is 0 Å². The molecule has 0 spiro atoms. The standard InChI is InChI=1S/C21H29.Y/c1-17-7-9-18(10-8-17)11-12-19-13-15-21(16-14-19)20-5-3-2-4-6-20;/h3-6,11-12,17-19,21H,7-10,13-16H2,1H3;/q-1;/b12-11+;. The van der Waals surface area contributed by atoms with Crippen molar-refractivity contribution in [2.75, 3.05) is 0 Å². The maximum absolute atomic E-state index is 3.13. The van der Waals surface area contributed by atoms with Gasteiger partial charge in [0.05, 0.1) is 0 Å². The molecule has 2 aliphatic carbocycles. The second-order valence-corrected chi connectivity index (χ2v) is 7.35. The van der Waals surface area contributed by atoms with Crippen LogP contribution in [-0.2, 0) is 32.7 Å². The van der Waals surface area contributed by atoms with Crippen LogP contribution < -0.4 is 0 Å². The number of benzene rings is 1. The van der Waals surface area contributed by atoms with E-state index in [-0.39, 0.29) is 32.7 Å². The molecule has 22 heavy (non-hydrogen) atoms. The first-order valence-corrected chi connectivity index (χ1v) is 8.95. The summed E-state index contributed by atoms with van der Waals surface area (Å²) in [5.74, 6) is 3.48. The Kier molecular flexibility index (Phi) is 7.85. The van der Waals surface area contributed by atoms with Crippen molar-refractivity contribution in [3.05, 3.63) is 48.0 Å². The third-order valence-electron chi connectivity index (χ3n) is 5.70. The fourth-order valence-corrected chi connectivity index (χ4v) is 4.11. The van der Waals surface area contributed by atoms with E-state index in [1.807, 2.05) is 0 Å². The van der Waals surface area contributed by atoms with Crippen LogP contribution in [0.1, 0.15) is 69.8 Å². The number of allylic oxidation sites excluding steroid dienone is 2. The fraction of sp³-hybridized carbons (Fsp3) is 0.619. The monoisotopic (exact) mass is 370 g/mol. The summed E-state index contributed by atoms with van der Waals surface area (Å²) < 4.78 is 0. The van der Waals surface area contributed by atoms with E-state index >= 15 is 0 Å². The zero-order valence-corrected chi connectivity index (χ0v) is 16.8. The van der Waals surface area contributed by atoms with Gasteiger partial charge in [-0.3, -0.25) is 0 Å². The molecule has 0 N–H and O–H groups in total. The molecule has 0 nitrogen and oxygen atoms in total. The summed E-state index contributed by atoms with van der Waals surface area (Å²) in [5, 5.41) is 0. The van der Waals surface area contributed by atoms with Crippen LogP contribution in [0, 0.1) is 23.8 Å². The van der Waals surface area contributed by atoms with E-state index in [0.717, 1.165) is 23.7 Å². The van der Waals surface area contributed by atoms with Crippen LogP contribution in [0.4, 0.5) is 0 Å². The molecule has 117 valence electrons. The SMILES string of the molecule is CC1CCC(/C=C/C2CCC(c3cc[c-]cc3)CC2)CC1.[Y]. The van der Waals surface area contributed by atoms with Gasteiger partial charge in [0.1, 0.15) is 0 Å². The number of hydrogen-bond donors (Lipinski definition) is 0. The molecule has 3 rings (SSSR count). The van der Waals surface area contributed by atoms with Gasteiger partial charge in [-0.1, -0.05) is 31.9 Å². The molecular formula is C21H29Y-. The Morgan fingerprint density at radius 2 is 1.32 bits per heavy atom. The van der Waals surface area contributed by atoms with Gasteiger partial charge in [0, 0.05) is 32.7 Å². The fourth-order valence-electron chi connectivity index (χ4n) is 4.11. The molecule has 1 aromatic rings. The topological polar surface area (TPSA) is 0 Å². The summed E-state index contributed by atoms with van der Waals surface area (Å²) in [5.41, 5.74) is 1.53. The predicted molar refractivity (Wildman–Crippen MR) is 90.2 cm³/mol. The van der Waals surface area contributed by atoms with Gasteiger partial charge >= 0.3 is 0 Å². The van der Waals surface area contributed by atoms with Gasteiger partial charge in [-0.2, -0.15) is 35.9 Å². The Morgan fingerprint density at radius 3 is 1.86 bits per heavy atom. The first kappa shape index (κ1) is 18.4. The molecule has 0 heterocycles. The maximum atomic E-state index is 3.13. The van der Waals surface area contributed by atoms with Gasteiger partial charge in [0.15, 0.2) is 0 Å². The Bertz CT molecular complexity index is 434. The zero-order valence-electron chi connectivity index (χ0n) is 14.0. The molecule has 0 aliphatic heterocycles. The molecule has 0 atom stereocenters. The van der Waals surface area contributed by atoms with E-state index in [1.54, 1.807) is 0 Å². The molecule has 2 fully saturated rings. The van der Waals surface area contributed by atoms with Crippen molar-refractivity contribution < 1.29 is 32.7 Å². The third kappa shape index (κ3) is 5.31.